The summed E-state index contributed by atoms with van der Waals surface area (Å²) < 4.78 is 0. The van der Waals surface area contributed by atoms with E-state index in [9.17, 15) is 0 Å². The van der Waals surface area contributed by atoms with Gasteiger partial charge >= 0.3 is 54.7 Å². The SMILES string of the molecule is [CH]12[CH]3[CH]4[CH]5[CH]1[Fe]23451678[CH]2[CH]1[CH]6[CH]7[CH]28.c1cn[nH]c1. The maximum atomic E-state index is 3.60. The van der Waals surface area contributed by atoms with E-state index in [2.05, 4.69) is 10.2 Å². The van der Waals surface area contributed by atoms with Crippen molar-refractivity contribution in [2.45, 2.75) is 48.2 Å². The molecular weight excluding hydrogens is 240 g/mol. The Morgan fingerprint density at radius 1 is 0.750 bits per heavy atom. The molecule has 1 aromatic heterocycles. The molecule has 0 amide bonds. The van der Waals surface area contributed by atoms with Gasteiger partial charge in [0.15, 0.2) is 0 Å². The van der Waals surface area contributed by atoms with E-state index >= 15 is 0 Å². The molecule has 16 heavy (non-hydrogen) atoms. The first kappa shape index (κ1) is 5.58. The summed E-state index contributed by atoms with van der Waals surface area (Å²) in [4.78, 5) is 15.9. The Morgan fingerprint density at radius 2 is 1.19 bits per heavy atom. The molecular formula is C13H14FeN2. The molecule has 0 radical (unpaired) electrons. The second-order valence-corrected chi connectivity index (χ2v) is 34.3. The van der Waals surface area contributed by atoms with Crippen molar-refractivity contribution < 1.29 is 6.51 Å². The predicted molar refractivity (Wildman–Crippen MR) is 56.1 cm³/mol. The molecule has 10 fully saturated rings. The summed E-state index contributed by atoms with van der Waals surface area (Å²) in [5.74, 6) is 0. The quantitative estimate of drug-likeness (QED) is 0.701. The van der Waals surface area contributed by atoms with Crippen molar-refractivity contribution in [2.24, 2.45) is 0 Å². The topological polar surface area (TPSA) is 28.7 Å². The number of aromatic amines is 1. The molecule has 11 rings (SSSR count). The summed E-state index contributed by atoms with van der Waals surface area (Å²) in [6.45, 7) is -2.28. The third kappa shape index (κ3) is 0.0531. The van der Waals surface area contributed by atoms with Crippen LogP contribution < -0.4 is 0 Å². The summed E-state index contributed by atoms with van der Waals surface area (Å²) in [6.07, 6.45) is 3.46. The van der Waals surface area contributed by atoms with Crippen LogP contribution in [0.5, 0.6) is 0 Å². The molecule has 3 heteroatoms. The molecule has 1 spiro atoms. The van der Waals surface area contributed by atoms with E-state index in [1.807, 2.05) is 6.07 Å². The minimum Gasteiger partial charge on any atom is -0.286 e. The predicted octanol–water partition coefficient (Wildman–Crippen LogP) is 3.79. The van der Waals surface area contributed by atoms with Crippen LogP contribution in [0.15, 0.2) is 18.5 Å². The normalized spacial score (nSPS) is 120. The molecule has 11 heterocycles. The Hall–Kier alpha value is -0.271. The maximum Gasteiger partial charge on any atom is 0.0487 e. The zero-order valence-electron chi connectivity index (χ0n) is 8.81. The Balaban J connectivity index is 0.000000101. The number of nitrogens with zero attached hydrogens (tertiary/aromatic N) is 1. The largest absolute Gasteiger partial charge is 0.286 e. The van der Waals surface area contributed by atoms with Crippen LogP contribution in [-0.2, 0) is 6.51 Å². The fourth-order valence-corrected chi connectivity index (χ4v) is 88.2. The average molecular weight is 254 g/mol. The van der Waals surface area contributed by atoms with Crippen LogP contribution in [0.25, 0.3) is 0 Å². The van der Waals surface area contributed by atoms with E-state index in [0.29, 0.717) is 0 Å². The first-order chi connectivity index (χ1) is 7.66. The van der Waals surface area contributed by atoms with E-state index < -0.39 is 6.51 Å². The van der Waals surface area contributed by atoms with Gasteiger partial charge in [-0.05, 0) is 6.07 Å². The Bertz CT molecular complexity index is 745. The number of fused-ring (bicyclic) bond motifs is 10. The molecule has 10 saturated heterocycles. The smallest absolute Gasteiger partial charge is 0.0487 e. The molecule has 84 valence electrons. The van der Waals surface area contributed by atoms with E-state index in [1.54, 1.807) is 60.6 Å². The molecule has 0 aromatic carbocycles. The fraction of sp³-hybridized carbons (Fsp3) is 0.769. The second kappa shape index (κ2) is 0.437. The molecule has 10 aliphatic rings. The number of rotatable bonds is 0. The van der Waals surface area contributed by atoms with Gasteiger partial charge in [0.1, 0.15) is 0 Å². The van der Waals surface area contributed by atoms with Crippen LogP contribution in [0.4, 0.5) is 0 Å². The zero-order chi connectivity index (χ0) is 9.63. The van der Waals surface area contributed by atoms with Crippen molar-refractivity contribution in [3.63, 3.8) is 0 Å². The van der Waals surface area contributed by atoms with Gasteiger partial charge in [0, 0.05) is 12.4 Å². The van der Waals surface area contributed by atoms with Crippen LogP contribution >= 0.6 is 0 Å². The summed E-state index contributed by atoms with van der Waals surface area (Å²) in [7, 11) is 0. The van der Waals surface area contributed by atoms with Gasteiger partial charge in [0.2, 0.25) is 0 Å². The molecule has 0 saturated carbocycles. The van der Waals surface area contributed by atoms with Crippen LogP contribution in [0.2, 0.25) is 48.2 Å². The van der Waals surface area contributed by atoms with E-state index in [1.165, 1.54) is 0 Å². The van der Waals surface area contributed by atoms with Crippen molar-refractivity contribution in [1.29, 1.82) is 0 Å². The van der Waals surface area contributed by atoms with Gasteiger partial charge in [-0.2, -0.15) is 5.10 Å². The number of hydrogen-bond donors (Lipinski definition) is 1. The summed E-state index contributed by atoms with van der Waals surface area (Å²) >= 11 is 0. The molecule has 2 nitrogen and oxygen atoms in total. The van der Waals surface area contributed by atoms with E-state index in [-0.39, 0.29) is 0 Å². The monoisotopic (exact) mass is 254 g/mol. The Kier molecular flexibility index (Phi) is 0.152. The van der Waals surface area contributed by atoms with Crippen LogP contribution in [0.1, 0.15) is 0 Å². The van der Waals surface area contributed by atoms with Gasteiger partial charge in [0.05, 0.1) is 0 Å². The number of hydrogen-bond acceptors (Lipinski definition) is 1. The molecule has 1 N–H and O–H groups in total. The third-order valence-electron chi connectivity index (χ3n) is 14.9. The summed E-state index contributed by atoms with van der Waals surface area (Å²) in [5, 5.41) is 6.21. The molecule has 0 unspecified atom stereocenters. The van der Waals surface area contributed by atoms with Crippen LogP contribution in [-0.4, -0.2) is 10.2 Å². The van der Waals surface area contributed by atoms with Crippen molar-refractivity contribution in [3.8, 4) is 0 Å². The number of aromatic nitrogens is 2. The Labute approximate surface area is 83.5 Å². The van der Waals surface area contributed by atoms with Crippen molar-refractivity contribution in [3.05, 3.63) is 18.5 Å². The third-order valence-corrected chi connectivity index (χ3v) is 56.9. The standard InChI is InChI=1S/2C5H5.C3H4N2.Fe/c3*1-2-4-5-3-1;/h2*1-5H;1-3H,(H,4,5);. The van der Waals surface area contributed by atoms with Gasteiger partial charge in [-0.1, -0.05) is 0 Å². The minimum atomic E-state index is -2.28. The van der Waals surface area contributed by atoms with E-state index in [4.69, 9.17) is 0 Å². The van der Waals surface area contributed by atoms with Gasteiger partial charge in [-0.3, -0.25) is 5.10 Å². The average Bonchev–Trinajstić information content (AvgIpc) is 3.27. The molecule has 10 aliphatic heterocycles. The van der Waals surface area contributed by atoms with Gasteiger partial charge in [-0.25, -0.2) is 0 Å². The van der Waals surface area contributed by atoms with Crippen molar-refractivity contribution in [2.75, 3.05) is 0 Å². The number of H-pyrrole nitrogens is 1. The first-order valence-electron chi connectivity index (χ1n) is 6.81. The van der Waals surface area contributed by atoms with Gasteiger partial charge < -0.3 is 0 Å². The Morgan fingerprint density at radius 3 is 1.25 bits per heavy atom. The summed E-state index contributed by atoms with van der Waals surface area (Å²) in [5.41, 5.74) is 0. The van der Waals surface area contributed by atoms with Gasteiger partial charge in [-0.15, -0.1) is 0 Å². The molecule has 0 aliphatic carbocycles. The van der Waals surface area contributed by atoms with Crippen LogP contribution in [0, 0.1) is 0 Å². The second-order valence-electron chi connectivity index (χ2n) is 10.4. The number of nitrogens with one attached hydrogen (secondary N) is 1. The first-order valence-corrected chi connectivity index (χ1v) is 13.2. The van der Waals surface area contributed by atoms with Crippen molar-refractivity contribution in [1.82, 2.24) is 10.2 Å². The van der Waals surface area contributed by atoms with Gasteiger partial charge in [0.25, 0.3) is 0 Å². The van der Waals surface area contributed by atoms with Crippen molar-refractivity contribution >= 4 is 0 Å². The van der Waals surface area contributed by atoms with E-state index in [0.717, 1.165) is 0 Å². The molecule has 0 atom stereocenters. The zero-order valence-corrected chi connectivity index (χ0v) is 9.91. The molecule has 0 bridgehead atoms. The fourth-order valence-electron chi connectivity index (χ4n) is 16.0. The maximum absolute atomic E-state index is 3.60. The van der Waals surface area contributed by atoms with Crippen LogP contribution in [0.3, 0.4) is 0 Å². The molecule has 1 aromatic rings. The minimum absolute atomic E-state index is 1.59. The summed E-state index contributed by atoms with van der Waals surface area (Å²) in [6, 6.07) is 1.83.